The molecule has 0 amide bonds. The fourth-order valence-corrected chi connectivity index (χ4v) is 2.21. The fraction of sp³-hybridized carbons (Fsp3) is 0.400. The summed E-state index contributed by atoms with van der Waals surface area (Å²) in [5.74, 6) is -6.52. The lowest BCUT2D eigenvalue weighted by molar-refractivity contribution is -0.180. The van der Waals surface area contributed by atoms with Gasteiger partial charge in [0.25, 0.3) is 5.78 Å². The summed E-state index contributed by atoms with van der Waals surface area (Å²) in [6.07, 6.45) is -4.26. The first kappa shape index (κ1) is 19.2. The Morgan fingerprint density at radius 1 is 1.17 bits per heavy atom. The molecule has 1 unspecified atom stereocenters. The molecule has 1 aromatic carbocycles. The number of thioether (sulfide) groups is 1. The molecule has 0 aliphatic heterocycles. The molecule has 1 rings (SSSR count). The number of ketones is 2. The summed E-state index contributed by atoms with van der Waals surface area (Å²) in [7, 11) is 0. The summed E-state index contributed by atoms with van der Waals surface area (Å²) in [5.41, 5.74) is 0.132. The van der Waals surface area contributed by atoms with Crippen molar-refractivity contribution >= 4 is 29.3 Å². The number of carbonyl (C=O) groups excluding carboxylic acids is 3. The van der Waals surface area contributed by atoms with Crippen molar-refractivity contribution in [2.24, 2.45) is 5.92 Å². The summed E-state index contributed by atoms with van der Waals surface area (Å²) in [6.45, 7) is 1.22. The first-order valence-electron chi connectivity index (χ1n) is 6.65. The van der Waals surface area contributed by atoms with E-state index in [1.54, 1.807) is 12.1 Å². The summed E-state index contributed by atoms with van der Waals surface area (Å²) in [5, 5.41) is 0. The number of hydrogen-bond donors (Lipinski definition) is 0. The van der Waals surface area contributed by atoms with Crippen LogP contribution in [0.15, 0.2) is 29.2 Å². The van der Waals surface area contributed by atoms with E-state index >= 15 is 0 Å². The van der Waals surface area contributed by atoms with Crippen LogP contribution in [0.3, 0.4) is 0 Å². The highest BCUT2D eigenvalue weighted by Gasteiger charge is 2.47. The summed E-state index contributed by atoms with van der Waals surface area (Å²) in [4.78, 5) is 35.9. The molecule has 0 bridgehead atoms. The van der Waals surface area contributed by atoms with Gasteiger partial charge in [0.05, 0.1) is 6.61 Å². The van der Waals surface area contributed by atoms with Gasteiger partial charge in [0, 0.05) is 16.9 Å². The van der Waals surface area contributed by atoms with Crippen LogP contribution in [0.4, 0.5) is 13.2 Å². The number of halogens is 3. The molecule has 23 heavy (non-hydrogen) atoms. The zero-order chi connectivity index (χ0) is 17.6. The first-order chi connectivity index (χ1) is 10.7. The van der Waals surface area contributed by atoms with E-state index in [0.29, 0.717) is 0 Å². The van der Waals surface area contributed by atoms with E-state index in [0.717, 1.165) is 4.90 Å². The third kappa shape index (κ3) is 5.38. The highest BCUT2D eigenvalue weighted by Crippen LogP contribution is 2.25. The molecule has 0 saturated carbocycles. The number of carbonyl (C=O) groups is 3. The quantitative estimate of drug-likeness (QED) is 0.327. The van der Waals surface area contributed by atoms with Gasteiger partial charge in [0.1, 0.15) is 5.92 Å². The zero-order valence-electron chi connectivity index (χ0n) is 12.5. The van der Waals surface area contributed by atoms with Gasteiger partial charge in [-0.2, -0.15) is 13.2 Å². The van der Waals surface area contributed by atoms with Crippen molar-refractivity contribution in [1.29, 1.82) is 0 Å². The van der Waals surface area contributed by atoms with Crippen molar-refractivity contribution in [1.82, 2.24) is 0 Å². The van der Waals surface area contributed by atoms with Crippen molar-refractivity contribution in [3.63, 3.8) is 0 Å². The molecule has 0 aliphatic rings. The molecular weight excluding hydrogens is 333 g/mol. The Kier molecular flexibility index (Phi) is 6.80. The molecule has 1 atom stereocenters. The molecule has 8 heteroatoms. The number of alkyl halides is 3. The van der Waals surface area contributed by atoms with E-state index in [-0.39, 0.29) is 12.2 Å². The van der Waals surface area contributed by atoms with E-state index in [1.807, 2.05) is 6.26 Å². The second kappa shape index (κ2) is 8.14. The van der Waals surface area contributed by atoms with E-state index in [9.17, 15) is 27.6 Å². The second-order valence-electron chi connectivity index (χ2n) is 4.52. The fourth-order valence-electron chi connectivity index (χ4n) is 1.80. The van der Waals surface area contributed by atoms with E-state index in [1.165, 1.54) is 30.8 Å². The Labute approximate surface area is 135 Å². The zero-order valence-corrected chi connectivity index (χ0v) is 13.3. The second-order valence-corrected chi connectivity index (χ2v) is 5.40. The molecule has 0 heterocycles. The van der Waals surface area contributed by atoms with Crippen LogP contribution in [-0.4, -0.2) is 36.6 Å². The first-order valence-corrected chi connectivity index (χ1v) is 7.88. The van der Waals surface area contributed by atoms with Crippen molar-refractivity contribution in [3.8, 4) is 0 Å². The van der Waals surface area contributed by atoms with Gasteiger partial charge >= 0.3 is 12.1 Å². The molecule has 0 N–H and O–H groups in total. The molecule has 0 aromatic heterocycles. The van der Waals surface area contributed by atoms with Gasteiger partial charge in [-0.15, -0.1) is 11.8 Å². The molecule has 0 aliphatic carbocycles. The maximum absolute atomic E-state index is 12.6. The number of ether oxygens (including phenoxy) is 1. The lowest BCUT2D eigenvalue weighted by Crippen LogP contribution is -2.37. The third-order valence-corrected chi connectivity index (χ3v) is 3.71. The minimum Gasteiger partial charge on any atom is -0.465 e. The Bertz CT molecular complexity index is 581. The third-order valence-electron chi connectivity index (χ3n) is 2.97. The van der Waals surface area contributed by atoms with Crippen LogP contribution in [0.25, 0.3) is 0 Å². The highest BCUT2D eigenvalue weighted by molar-refractivity contribution is 7.98. The predicted molar refractivity (Wildman–Crippen MR) is 78.4 cm³/mol. The number of hydrogen-bond acceptors (Lipinski definition) is 5. The maximum atomic E-state index is 12.6. The smallest absolute Gasteiger partial charge is 0.450 e. The Morgan fingerprint density at radius 3 is 2.17 bits per heavy atom. The Hall–Kier alpha value is -1.83. The van der Waals surface area contributed by atoms with Gasteiger partial charge in [-0.25, -0.2) is 0 Å². The normalized spacial score (nSPS) is 12.6. The van der Waals surface area contributed by atoms with Gasteiger partial charge in [0.15, 0.2) is 5.78 Å². The van der Waals surface area contributed by atoms with E-state index in [2.05, 4.69) is 4.74 Å². The monoisotopic (exact) mass is 348 g/mol. The van der Waals surface area contributed by atoms with Gasteiger partial charge < -0.3 is 4.74 Å². The van der Waals surface area contributed by atoms with Gasteiger partial charge in [-0.1, -0.05) is 12.1 Å². The van der Waals surface area contributed by atoms with Crippen molar-refractivity contribution < 1.29 is 32.3 Å². The number of benzene rings is 1. The van der Waals surface area contributed by atoms with Crippen LogP contribution >= 0.6 is 11.8 Å². The van der Waals surface area contributed by atoms with Crippen LogP contribution in [0.5, 0.6) is 0 Å². The van der Waals surface area contributed by atoms with Crippen molar-refractivity contribution in [2.75, 3.05) is 12.9 Å². The SMILES string of the molecule is CCOC(=O)C(CC(=O)c1ccc(SC)cc1)C(=O)C(F)(F)F. The molecular formula is C15H15F3O4S. The van der Waals surface area contributed by atoms with Crippen molar-refractivity contribution in [2.45, 2.75) is 24.4 Å². The predicted octanol–water partition coefficient (Wildman–Crippen LogP) is 3.29. The van der Waals surface area contributed by atoms with E-state index < -0.39 is 36.1 Å². The minimum absolute atomic E-state index is 0.132. The number of Topliss-reactive ketones (excluding diaryl/α,β-unsaturated/α-hetero) is 2. The Balaban J connectivity index is 2.97. The molecule has 0 fully saturated rings. The lowest BCUT2D eigenvalue weighted by Gasteiger charge is -2.15. The van der Waals surface area contributed by atoms with Crippen LogP contribution in [0, 0.1) is 5.92 Å². The highest BCUT2D eigenvalue weighted by atomic mass is 32.2. The van der Waals surface area contributed by atoms with Gasteiger partial charge in [0.2, 0.25) is 0 Å². The van der Waals surface area contributed by atoms with Crippen LogP contribution in [0.1, 0.15) is 23.7 Å². The lowest BCUT2D eigenvalue weighted by atomic mass is 9.94. The molecule has 4 nitrogen and oxygen atoms in total. The molecule has 0 radical (unpaired) electrons. The van der Waals surface area contributed by atoms with E-state index in [4.69, 9.17) is 0 Å². The summed E-state index contributed by atoms with van der Waals surface area (Å²) < 4.78 is 42.2. The van der Waals surface area contributed by atoms with Gasteiger partial charge in [-0.3, -0.25) is 14.4 Å². The average molecular weight is 348 g/mol. The molecule has 0 saturated heterocycles. The molecule has 0 spiro atoms. The minimum atomic E-state index is -5.21. The molecule has 1 aromatic rings. The summed E-state index contributed by atoms with van der Waals surface area (Å²) >= 11 is 1.43. The Morgan fingerprint density at radius 2 is 1.74 bits per heavy atom. The van der Waals surface area contributed by atoms with Crippen LogP contribution in [-0.2, 0) is 14.3 Å². The van der Waals surface area contributed by atoms with Crippen molar-refractivity contribution in [3.05, 3.63) is 29.8 Å². The van der Waals surface area contributed by atoms with Crippen LogP contribution in [0.2, 0.25) is 0 Å². The molecule has 126 valence electrons. The van der Waals surface area contributed by atoms with Gasteiger partial charge in [-0.05, 0) is 25.3 Å². The topological polar surface area (TPSA) is 60.4 Å². The number of rotatable bonds is 7. The standard InChI is InChI=1S/C15H15F3O4S/c1-3-22-14(21)11(13(20)15(16,17)18)8-12(19)9-4-6-10(23-2)7-5-9/h4-7,11H,3,8H2,1-2H3. The van der Waals surface area contributed by atoms with Crippen LogP contribution < -0.4 is 0 Å². The largest absolute Gasteiger partial charge is 0.465 e. The number of esters is 1. The summed E-state index contributed by atoms with van der Waals surface area (Å²) in [6, 6.07) is 6.13. The average Bonchev–Trinajstić information content (AvgIpc) is 2.51. The maximum Gasteiger partial charge on any atom is 0.450 e.